The summed E-state index contributed by atoms with van der Waals surface area (Å²) in [6, 6.07) is 17.0. The standard InChI is InChI=1S/C27H31N4O4P/c1-3-27(2)24(31-23-25(28)29-17-30-26(23)34-27)20-11-9-18(10-12-20)19-13-15-21(16-14-19)35-36(32,33)22-7-5-4-6-8-22/h4-12,17,19,21H,3,13-16H2,1-2H3,(H,32,33)(H2,28,29,30). The van der Waals surface area contributed by atoms with Crippen molar-refractivity contribution in [2.24, 2.45) is 4.99 Å². The van der Waals surface area contributed by atoms with Crippen LogP contribution in [0.25, 0.3) is 0 Å². The van der Waals surface area contributed by atoms with Gasteiger partial charge in [0, 0.05) is 5.56 Å². The molecule has 2 unspecified atom stereocenters. The minimum Gasteiger partial charge on any atom is -0.463 e. The van der Waals surface area contributed by atoms with Crippen LogP contribution < -0.4 is 15.8 Å². The molecule has 2 atom stereocenters. The van der Waals surface area contributed by atoms with Gasteiger partial charge in [0.15, 0.2) is 17.1 Å². The molecule has 2 aliphatic rings. The molecule has 0 bridgehead atoms. The summed E-state index contributed by atoms with van der Waals surface area (Å²) in [4.78, 5) is 23.5. The molecular formula is C27H31N4O4P. The van der Waals surface area contributed by atoms with E-state index in [9.17, 15) is 9.46 Å². The third-order valence-corrected chi connectivity index (χ3v) is 8.78. The summed E-state index contributed by atoms with van der Waals surface area (Å²) in [5.74, 6) is 1.08. The summed E-state index contributed by atoms with van der Waals surface area (Å²) < 4.78 is 24.6. The number of hydrogen-bond acceptors (Lipinski definition) is 7. The molecule has 1 fully saturated rings. The zero-order valence-electron chi connectivity index (χ0n) is 20.5. The summed E-state index contributed by atoms with van der Waals surface area (Å²) >= 11 is 0. The highest BCUT2D eigenvalue weighted by atomic mass is 31.2. The van der Waals surface area contributed by atoms with E-state index in [1.165, 1.54) is 11.9 Å². The van der Waals surface area contributed by atoms with Gasteiger partial charge in [0.05, 0.1) is 17.1 Å². The first-order chi connectivity index (χ1) is 17.3. The van der Waals surface area contributed by atoms with Gasteiger partial charge in [-0.2, -0.15) is 4.98 Å². The molecule has 8 nitrogen and oxygen atoms in total. The Morgan fingerprint density at radius 3 is 2.44 bits per heavy atom. The van der Waals surface area contributed by atoms with Crippen molar-refractivity contribution in [1.29, 1.82) is 0 Å². The first kappa shape index (κ1) is 24.6. The lowest BCUT2D eigenvalue weighted by Gasteiger charge is -2.34. The lowest BCUT2D eigenvalue weighted by Crippen LogP contribution is -2.43. The van der Waals surface area contributed by atoms with E-state index >= 15 is 0 Å². The highest BCUT2D eigenvalue weighted by Crippen LogP contribution is 2.46. The van der Waals surface area contributed by atoms with Gasteiger partial charge in [0.2, 0.25) is 5.88 Å². The van der Waals surface area contributed by atoms with Gasteiger partial charge in [0.25, 0.3) is 0 Å². The van der Waals surface area contributed by atoms with E-state index in [1.807, 2.05) is 13.0 Å². The zero-order valence-corrected chi connectivity index (χ0v) is 21.4. The van der Waals surface area contributed by atoms with Crippen molar-refractivity contribution in [2.75, 3.05) is 5.73 Å². The number of hydrogen-bond donors (Lipinski definition) is 2. The van der Waals surface area contributed by atoms with Crippen LogP contribution in [0.2, 0.25) is 0 Å². The second-order valence-corrected chi connectivity index (χ2v) is 11.4. The Bertz CT molecular complexity index is 1310. The number of fused-ring (bicyclic) bond motifs is 1. The average molecular weight is 507 g/mol. The first-order valence-corrected chi connectivity index (χ1v) is 13.9. The monoisotopic (exact) mass is 506 g/mol. The number of aliphatic imine (C=N–C) groups is 1. The molecule has 0 amide bonds. The van der Waals surface area contributed by atoms with E-state index in [1.54, 1.807) is 24.3 Å². The Labute approximate surface area is 211 Å². The van der Waals surface area contributed by atoms with E-state index in [4.69, 9.17) is 20.0 Å². The predicted octanol–water partition coefficient (Wildman–Crippen LogP) is 5.29. The molecule has 5 rings (SSSR count). The Balaban J connectivity index is 1.28. The van der Waals surface area contributed by atoms with Crippen LogP contribution in [-0.2, 0) is 9.09 Å². The summed E-state index contributed by atoms with van der Waals surface area (Å²) in [5.41, 5.74) is 8.90. The molecule has 0 radical (unpaired) electrons. The van der Waals surface area contributed by atoms with E-state index in [0.29, 0.717) is 28.6 Å². The zero-order chi connectivity index (χ0) is 25.3. The van der Waals surface area contributed by atoms with Crippen LogP contribution in [0.15, 0.2) is 65.9 Å². The summed E-state index contributed by atoms with van der Waals surface area (Å²) in [5, 5.41) is 0.340. The molecular weight excluding hydrogens is 475 g/mol. The average Bonchev–Trinajstić information content (AvgIpc) is 2.89. The summed E-state index contributed by atoms with van der Waals surface area (Å²) in [6.45, 7) is 4.07. The van der Waals surface area contributed by atoms with Crippen molar-refractivity contribution in [3.05, 3.63) is 72.1 Å². The van der Waals surface area contributed by atoms with Crippen molar-refractivity contribution in [2.45, 2.75) is 63.6 Å². The highest BCUT2D eigenvalue weighted by Gasteiger charge is 2.38. The fourth-order valence-corrected chi connectivity index (χ4v) is 6.24. The number of ether oxygens (including phenoxy) is 1. The van der Waals surface area contributed by atoms with Crippen molar-refractivity contribution < 1.29 is 18.7 Å². The van der Waals surface area contributed by atoms with Crippen molar-refractivity contribution in [3.8, 4) is 5.88 Å². The van der Waals surface area contributed by atoms with Gasteiger partial charge in [-0.3, -0.25) is 4.57 Å². The molecule has 0 spiro atoms. The molecule has 2 aromatic carbocycles. The molecule has 9 heteroatoms. The second kappa shape index (κ2) is 9.77. The molecule has 0 saturated heterocycles. The molecule has 188 valence electrons. The second-order valence-electron chi connectivity index (χ2n) is 9.62. The maximum Gasteiger partial charge on any atom is 0.359 e. The number of benzene rings is 2. The van der Waals surface area contributed by atoms with Gasteiger partial charge < -0.3 is 19.9 Å². The molecule has 1 aliphatic carbocycles. The largest absolute Gasteiger partial charge is 0.463 e. The number of nitrogens with two attached hydrogens (primary N) is 1. The molecule has 36 heavy (non-hydrogen) atoms. The van der Waals surface area contributed by atoms with Gasteiger partial charge in [-0.1, -0.05) is 49.4 Å². The normalized spacial score (nSPS) is 25.2. The maximum absolute atomic E-state index is 12.7. The van der Waals surface area contributed by atoms with E-state index in [-0.39, 0.29) is 6.10 Å². The third kappa shape index (κ3) is 4.81. The molecule has 1 saturated carbocycles. The van der Waals surface area contributed by atoms with E-state index < -0.39 is 13.2 Å². The molecule has 1 aliphatic heterocycles. The van der Waals surface area contributed by atoms with Crippen LogP contribution >= 0.6 is 7.60 Å². The number of nitrogens with zero attached hydrogens (tertiary/aromatic N) is 3. The Hall–Kier alpha value is -3.06. The van der Waals surface area contributed by atoms with Crippen molar-refractivity contribution >= 4 is 30.1 Å². The fourth-order valence-electron chi connectivity index (χ4n) is 4.95. The first-order valence-electron chi connectivity index (χ1n) is 12.3. The number of anilines is 1. The van der Waals surface area contributed by atoms with Crippen LogP contribution in [0.5, 0.6) is 5.88 Å². The minimum absolute atomic E-state index is 0.219. The van der Waals surface area contributed by atoms with Crippen LogP contribution in [0.3, 0.4) is 0 Å². The Morgan fingerprint density at radius 1 is 1.08 bits per heavy atom. The topological polar surface area (TPSA) is 120 Å². The highest BCUT2D eigenvalue weighted by molar-refractivity contribution is 7.61. The van der Waals surface area contributed by atoms with Crippen molar-refractivity contribution in [3.63, 3.8) is 0 Å². The lowest BCUT2D eigenvalue weighted by atomic mass is 9.82. The minimum atomic E-state index is -3.81. The number of rotatable bonds is 6. The maximum atomic E-state index is 12.7. The van der Waals surface area contributed by atoms with E-state index in [2.05, 4.69) is 41.2 Å². The Kier molecular flexibility index (Phi) is 6.68. The Morgan fingerprint density at radius 2 is 1.78 bits per heavy atom. The van der Waals surface area contributed by atoms with E-state index in [0.717, 1.165) is 43.4 Å². The fraction of sp³-hybridized carbons (Fsp3) is 0.370. The number of nitrogen functional groups attached to an aromatic ring is 1. The lowest BCUT2D eigenvalue weighted by molar-refractivity contribution is 0.133. The van der Waals surface area contributed by atoms with Gasteiger partial charge in [-0.05, 0) is 62.6 Å². The summed E-state index contributed by atoms with van der Waals surface area (Å²) in [6.07, 6.45) is 5.18. The van der Waals surface area contributed by atoms with Crippen LogP contribution in [-0.4, -0.2) is 32.3 Å². The van der Waals surface area contributed by atoms with Gasteiger partial charge in [-0.25, -0.2) is 9.98 Å². The molecule has 2 heterocycles. The van der Waals surface area contributed by atoms with Gasteiger partial charge in [0.1, 0.15) is 6.33 Å². The predicted molar refractivity (Wildman–Crippen MR) is 140 cm³/mol. The number of aromatic nitrogens is 2. The molecule has 1 aromatic heterocycles. The quantitative estimate of drug-likeness (QED) is 0.436. The third-order valence-electron chi connectivity index (χ3n) is 7.24. The van der Waals surface area contributed by atoms with Crippen LogP contribution in [0.4, 0.5) is 11.5 Å². The smallest absolute Gasteiger partial charge is 0.359 e. The van der Waals surface area contributed by atoms with Crippen LogP contribution in [0, 0.1) is 0 Å². The SMILES string of the molecule is CCC1(C)Oc2ncnc(N)c2N=C1c1ccc(C2CCC(OP(=O)(O)c3ccccc3)CC2)cc1. The van der Waals surface area contributed by atoms with Gasteiger partial charge in [-0.15, -0.1) is 0 Å². The van der Waals surface area contributed by atoms with Gasteiger partial charge >= 0.3 is 7.60 Å². The molecule has 3 aromatic rings. The van der Waals surface area contributed by atoms with Crippen molar-refractivity contribution in [1.82, 2.24) is 9.97 Å². The summed E-state index contributed by atoms with van der Waals surface area (Å²) in [7, 11) is -3.81. The van der Waals surface area contributed by atoms with Crippen LogP contribution in [0.1, 0.15) is 63.0 Å². The molecule has 3 N–H and O–H groups in total.